The van der Waals surface area contributed by atoms with E-state index in [1.807, 2.05) is 0 Å². The lowest BCUT2D eigenvalue weighted by Gasteiger charge is -2.09. The molecule has 52 heavy (non-hydrogen) atoms. The summed E-state index contributed by atoms with van der Waals surface area (Å²) in [6.07, 6.45) is 10.5. The first-order valence-corrected chi connectivity index (χ1v) is 18.1. The van der Waals surface area contributed by atoms with Gasteiger partial charge in [0, 0.05) is 44.7 Å². The number of fused-ring (bicyclic) bond motifs is 8. The Kier molecular flexibility index (Phi) is 7.81. The molecule has 0 spiro atoms. The summed E-state index contributed by atoms with van der Waals surface area (Å²) in [7, 11) is 0. The second-order valence-corrected chi connectivity index (χ2v) is 14.3. The van der Waals surface area contributed by atoms with Crippen molar-refractivity contribution in [3.8, 4) is 44.5 Å². The number of aryl methyl sites for hydroxylation is 6. The van der Waals surface area contributed by atoms with Crippen molar-refractivity contribution in [3.05, 3.63) is 166 Å². The van der Waals surface area contributed by atoms with E-state index in [1.54, 1.807) is 0 Å². The van der Waals surface area contributed by atoms with Crippen LogP contribution in [-0.2, 0) is 12.8 Å². The van der Waals surface area contributed by atoms with Crippen molar-refractivity contribution in [2.75, 3.05) is 0 Å². The summed E-state index contributed by atoms with van der Waals surface area (Å²) in [4.78, 5) is 18.7. The van der Waals surface area contributed by atoms with E-state index in [0.717, 1.165) is 91.2 Å². The molecule has 6 aromatic rings. The minimum atomic E-state index is 0.874. The lowest BCUT2D eigenvalue weighted by molar-refractivity contribution is 1.02. The minimum Gasteiger partial charge on any atom is -0.361 e. The van der Waals surface area contributed by atoms with Crippen LogP contribution in [0.1, 0.15) is 56.4 Å². The number of nitrogens with zero attached hydrogens (tertiary/aromatic N) is 2. The lowest BCUT2D eigenvalue weighted by Crippen LogP contribution is -1.92. The molecule has 3 aliphatic heterocycles. The fraction of sp³-hybridized carbons (Fsp3) is 0.125. The van der Waals surface area contributed by atoms with E-state index in [4.69, 9.17) is 9.97 Å². The fourth-order valence-corrected chi connectivity index (χ4v) is 7.62. The smallest absolute Gasteiger partial charge is 0.0737 e. The fourth-order valence-electron chi connectivity index (χ4n) is 7.62. The zero-order valence-corrected chi connectivity index (χ0v) is 30.0. The summed E-state index contributed by atoms with van der Waals surface area (Å²) >= 11 is 0. The van der Waals surface area contributed by atoms with Crippen LogP contribution in [0.5, 0.6) is 0 Å². The molecule has 252 valence electrons. The van der Waals surface area contributed by atoms with Gasteiger partial charge in [-0.05, 0) is 99.2 Å². The number of nitrogens with one attached hydrogen (secondary N) is 2. The molecule has 4 aromatic carbocycles. The SMILES string of the molecule is Cc1ccc(-c2c3nc(c(-c4ccc(C)cc4)c4ccc([nH]4)c(-c4ccc(C)cc4)c4nc(c(-c5ccc(C)cc5)c5[nH]c2CC5)C=C4)C=C3)cc1. The third-order valence-corrected chi connectivity index (χ3v) is 10.4. The van der Waals surface area contributed by atoms with E-state index in [2.05, 4.69) is 171 Å². The van der Waals surface area contributed by atoms with E-state index in [-0.39, 0.29) is 0 Å². The van der Waals surface area contributed by atoms with Gasteiger partial charge < -0.3 is 9.97 Å². The maximum atomic E-state index is 5.45. The summed E-state index contributed by atoms with van der Waals surface area (Å²) in [5.41, 5.74) is 22.0. The van der Waals surface area contributed by atoms with Gasteiger partial charge in [-0.3, -0.25) is 0 Å². The van der Waals surface area contributed by atoms with Crippen LogP contribution < -0.4 is 0 Å². The number of aromatic amines is 2. The largest absolute Gasteiger partial charge is 0.361 e. The highest BCUT2D eigenvalue weighted by Gasteiger charge is 2.22. The van der Waals surface area contributed by atoms with Crippen molar-refractivity contribution in [2.45, 2.75) is 40.5 Å². The highest BCUT2D eigenvalue weighted by molar-refractivity contribution is 5.96. The average molecular weight is 673 g/mol. The third kappa shape index (κ3) is 5.76. The van der Waals surface area contributed by atoms with Crippen molar-refractivity contribution in [1.82, 2.24) is 19.9 Å². The van der Waals surface area contributed by atoms with Gasteiger partial charge in [0.05, 0.1) is 22.8 Å². The molecule has 0 amide bonds. The molecule has 0 aliphatic carbocycles. The lowest BCUT2D eigenvalue weighted by atomic mass is 9.98. The summed E-state index contributed by atoms with van der Waals surface area (Å²) in [6.45, 7) is 8.53. The maximum Gasteiger partial charge on any atom is 0.0737 e. The molecule has 0 saturated heterocycles. The second kappa shape index (κ2) is 12.8. The van der Waals surface area contributed by atoms with E-state index >= 15 is 0 Å². The molecular weight excluding hydrogens is 633 g/mol. The predicted molar refractivity (Wildman–Crippen MR) is 218 cm³/mol. The Morgan fingerprint density at radius 1 is 0.346 bits per heavy atom. The van der Waals surface area contributed by atoms with Crippen molar-refractivity contribution >= 4 is 35.3 Å². The van der Waals surface area contributed by atoms with Crippen LogP contribution >= 0.6 is 0 Å². The van der Waals surface area contributed by atoms with Gasteiger partial charge in [0.25, 0.3) is 0 Å². The van der Waals surface area contributed by atoms with Crippen molar-refractivity contribution in [1.29, 1.82) is 0 Å². The zero-order valence-electron chi connectivity index (χ0n) is 30.0. The Morgan fingerprint density at radius 2 is 0.635 bits per heavy atom. The highest BCUT2D eigenvalue weighted by Crippen LogP contribution is 2.39. The Labute approximate surface area is 305 Å². The number of benzene rings is 4. The molecule has 4 heteroatoms. The van der Waals surface area contributed by atoms with Crippen molar-refractivity contribution in [3.63, 3.8) is 0 Å². The first-order valence-electron chi connectivity index (χ1n) is 18.1. The van der Waals surface area contributed by atoms with Gasteiger partial charge in [-0.1, -0.05) is 119 Å². The van der Waals surface area contributed by atoms with Crippen LogP contribution in [0.15, 0.2) is 109 Å². The van der Waals surface area contributed by atoms with Crippen LogP contribution in [0.3, 0.4) is 0 Å². The quantitative estimate of drug-likeness (QED) is 0.195. The van der Waals surface area contributed by atoms with E-state index in [9.17, 15) is 0 Å². The third-order valence-electron chi connectivity index (χ3n) is 10.4. The number of hydrogen-bond acceptors (Lipinski definition) is 2. The van der Waals surface area contributed by atoms with Gasteiger partial charge in [-0.2, -0.15) is 0 Å². The number of aromatic nitrogens is 4. The standard InChI is InChI=1S/C48H40N4/c1-29-5-13-33(14-6-29)45-37-21-23-39(49-37)46(34-15-7-30(2)8-16-34)41-25-27-43(51-41)48(36-19-11-32(4)12-20-36)44-28-26-42(52-44)47(40-24-22-38(45)50-40)35-17-9-31(3)10-18-35/h5-25,27,49,52H,26,28H2,1-4H3. The number of rotatable bonds is 4. The molecular formula is C48H40N4. The molecule has 0 atom stereocenters. The molecule has 2 N–H and O–H groups in total. The van der Waals surface area contributed by atoms with Gasteiger partial charge in [0.1, 0.15) is 0 Å². The molecule has 0 radical (unpaired) electrons. The number of hydrogen-bond donors (Lipinski definition) is 2. The summed E-state index contributed by atoms with van der Waals surface area (Å²) in [5.74, 6) is 0. The topological polar surface area (TPSA) is 57.4 Å². The zero-order chi connectivity index (χ0) is 35.3. The Bertz CT molecular complexity index is 2430. The predicted octanol–water partition coefficient (Wildman–Crippen LogP) is 12.1. The second-order valence-electron chi connectivity index (χ2n) is 14.3. The Morgan fingerprint density at radius 3 is 0.962 bits per heavy atom. The van der Waals surface area contributed by atoms with Crippen LogP contribution in [-0.4, -0.2) is 19.9 Å². The molecule has 4 nitrogen and oxygen atoms in total. The Hall–Kier alpha value is -6.26. The van der Waals surface area contributed by atoms with E-state index in [0.29, 0.717) is 0 Å². The highest BCUT2D eigenvalue weighted by atomic mass is 14.8. The van der Waals surface area contributed by atoms with Crippen molar-refractivity contribution < 1.29 is 0 Å². The molecule has 0 unspecified atom stereocenters. The molecule has 8 bridgehead atoms. The summed E-state index contributed by atoms with van der Waals surface area (Å²) in [5, 5.41) is 0. The molecule has 2 aromatic heterocycles. The van der Waals surface area contributed by atoms with Crippen LogP contribution in [0.4, 0.5) is 0 Å². The van der Waals surface area contributed by atoms with Gasteiger partial charge >= 0.3 is 0 Å². The normalized spacial score (nSPS) is 12.7. The van der Waals surface area contributed by atoms with Gasteiger partial charge in [0.15, 0.2) is 0 Å². The first kappa shape index (κ1) is 31.7. The summed E-state index contributed by atoms with van der Waals surface area (Å²) in [6, 6.07) is 39.6. The molecule has 0 fully saturated rings. The summed E-state index contributed by atoms with van der Waals surface area (Å²) < 4.78 is 0. The van der Waals surface area contributed by atoms with Crippen LogP contribution in [0.25, 0.3) is 79.8 Å². The van der Waals surface area contributed by atoms with E-state index < -0.39 is 0 Å². The van der Waals surface area contributed by atoms with E-state index in [1.165, 1.54) is 33.6 Å². The van der Waals surface area contributed by atoms with Crippen LogP contribution in [0, 0.1) is 27.7 Å². The van der Waals surface area contributed by atoms with Crippen molar-refractivity contribution in [2.24, 2.45) is 0 Å². The Balaban J connectivity index is 1.46. The molecule has 3 aliphatic rings. The van der Waals surface area contributed by atoms with Gasteiger partial charge in [0.2, 0.25) is 0 Å². The molecule has 5 heterocycles. The van der Waals surface area contributed by atoms with Gasteiger partial charge in [-0.25, -0.2) is 9.97 Å². The number of H-pyrrole nitrogens is 2. The average Bonchev–Trinajstić information content (AvgIpc) is 3.99. The molecule has 9 rings (SSSR count). The monoisotopic (exact) mass is 672 g/mol. The van der Waals surface area contributed by atoms with Gasteiger partial charge in [-0.15, -0.1) is 0 Å². The first-order chi connectivity index (χ1) is 25.4. The minimum absolute atomic E-state index is 0.874. The maximum absolute atomic E-state index is 5.45. The molecule has 0 saturated carbocycles. The van der Waals surface area contributed by atoms with Crippen LogP contribution in [0.2, 0.25) is 0 Å².